The largest absolute Gasteiger partial charge is 0.277 e. The summed E-state index contributed by atoms with van der Waals surface area (Å²) in [5.41, 5.74) is 2.42. The standard InChI is InChI=1S/C29H24ClF2N7O/c1-14-13-34-26(23-9-10-33-29(36-23)39-17(4)35-16(3)37-39)25(32)27(14)38-15(2)11-22(24(30)28(38)40)21-12-20(21)18-5-7-19(31)8-6-18/h5-11,13,20-21H,12H2,1-4H3/t20?,21-/m1/s1. The van der Waals surface area contributed by atoms with Gasteiger partial charge in [0, 0.05) is 18.1 Å². The SMILES string of the molecule is Cc1nc(C)n(-c2nccc(-c3ncc(C)c(-n4c(C)cc([C@@H]5CC5c5ccc(F)cc5)c(Cl)c4=O)c3F)n2)n1. The van der Waals surface area contributed by atoms with E-state index in [4.69, 9.17) is 11.6 Å². The van der Waals surface area contributed by atoms with Gasteiger partial charge in [0.05, 0.1) is 11.4 Å². The van der Waals surface area contributed by atoms with Crippen LogP contribution in [0.25, 0.3) is 23.0 Å². The van der Waals surface area contributed by atoms with Gasteiger partial charge in [-0.1, -0.05) is 23.7 Å². The van der Waals surface area contributed by atoms with Gasteiger partial charge in [0.1, 0.15) is 28.2 Å². The maximum Gasteiger partial charge on any atom is 0.274 e. The molecule has 0 saturated heterocycles. The van der Waals surface area contributed by atoms with Crippen LogP contribution < -0.4 is 5.56 Å². The van der Waals surface area contributed by atoms with Crippen LogP contribution in [0.1, 0.15) is 52.3 Å². The maximum absolute atomic E-state index is 16.2. The molecule has 0 bridgehead atoms. The first-order valence-electron chi connectivity index (χ1n) is 12.7. The molecule has 0 amide bonds. The van der Waals surface area contributed by atoms with Gasteiger partial charge >= 0.3 is 0 Å². The summed E-state index contributed by atoms with van der Waals surface area (Å²) in [6.45, 7) is 6.95. The fourth-order valence-electron chi connectivity index (χ4n) is 5.21. The highest BCUT2D eigenvalue weighted by atomic mass is 35.5. The minimum atomic E-state index is -0.708. The van der Waals surface area contributed by atoms with Gasteiger partial charge in [0.2, 0.25) is 0 Å². The third-order valence-corrected chi connectivity index (χ3v) is 7.58. The van der Waals surface area contributed by atoms with E-state index < -0.39 is 11.4 Å². The van der Waals surface area contributed by atoms with Gasteiger partial charge in [-0.3, -0.25) is 14.3 Å². The van der Waals surface area contributed by atoms with Gasteiger partial charge in [0.15, 0.2) is 5.82 Å². The van der Waals surface area contributed by atoms with E-state index in [1.54, 1.807) is 45.9 Å². The molecule has 2 atom stereocenters. The molecule has 202 valence electrons. The highest BCUT2D eigenvalue weighted by Gasteiger charge is 2.41. The molecule has 1 unspecified atom stereocenters. The van der Waals surface area contributed by atoms with Crippen molar-refractivity contribution in [3.8, 4) is 23.0 Å². The van der Waals surface area contributed by atoms with Crippen LogP contribution in [-0.2, 0) is 0 Å². The molecule has 1 aliphatic carbocycles. The van der Waals surface area contributed by atoms with E-state index in [0.717, 1.165) is 12.0 Å². The number of aryl methyl sites for hydroxylation is 4. The second-order valence-electron chi connectivity index (χ2n) is 10.0. The average Bonchev–Trinajstić information content (AvgIpc) is 3.64. The predicted molar refractivity (Wildman–Crippen MR) is 146 cm³/mol. The zero-order valence-corrected chi connectivity index (χ0v) is 22.9. The average molecular weight is 560 g/mol. The van der Waals surface area contributed by atoms with E-state index in [-0.39, 0.29) is 45.7 Å². The smallest absolute Gasteiger partial charge is 0.274 e. The number of halogens is 3. The molecule has 4 aromatic heterocycles. The lowest BCUT2D eigenvalue weighted by Crippen LogP contribution is -2.24. The van der Waals surface area contributed by atoms with Crippen LogP contribution in [0.15, 0.2) is 53.6 Å². The number of rotatable bonds is 5. The highest BCUT2D eigenvalue weighted by molar-refractivity contribution is 6.31. The van der Waals surface area contributed by atoms with Crippen LogP contribution in [0.3, 0.4) is 0 Å². The quantitative estimate of drug-likeness (QED) is 0.274. The second kappa shape index (κ2) is 9.71. The summed E-state index contributed by atoms with van der Waals surface area (Å²) in [6, 6.07) is 9.73. The molecule has 1 saturated carbocycles. The number of hydrogen-bond acceptors (Lipinski definition) is 6. The van der Waals surface area contributed by atoms with Crippen molar-refractivity contribution in [2.75, 3.05) is 0 Å². The van der Waals surface area contributed by atoms with Crippen molar-refractivity contribution in [3.63, 3.8) is 0 Å². The van der Waals surface area contributed by atoms with Gasteiger partial charge < -0.3 is 0 Å². The van der Waals surface area contributed by atoms with Gasteiger partial charge in [-0.25, -0.2) is 23.7 Å². The lowest BCUT2D eigenvalue weighted by Gasteiger charge is -2.17. The highest BCUT2D eigenvalue weighted by Crippen LogP contribution is 2.55. The van der Waals surface area contributed by atoms with E-state index in [1.165, 1.54) is 33.8 Å². The monoisotopic (exact) mass is 559 g/mol. The number of pyridine rings is 2. The zero-order chi connectivity index (χ0) is 28.3. The summed E-state index contributed by atoms with van der Waals surface area (Å²) >= 11 is 6.63. The fraction of sp³-hybridized carbons (Fsp3) is 0.241. The normalized spacial score (nSPS) is 16.4. The van der Waals surface area contributed by atoms with Crippen molar-refractivity contribution in [1.29, 1.82) is 0 Å². The first kappa shape index (κ1) is 25.9. The molecule has 1 aliphatic rings. The molecular weight excluding hydrogens is 536 g/mol. The maximum atomic E-state index is 16.2. The number of benzene rings is 1. The molecule has 5 aromatic rings. The molecule has 11 heteroatoms. The molecule has 0 aliphatic heterocycles. The van der Waals surface area contributed by atoms with E-state index in [9.17, 15) is 9.18 Å². The Morgan fingerprint density at radius 2 is 1.73 bits per heavy atom. The summed E-state index contributed by atoms with van der Waals surface area (Å²) in [7, 11) is 0. The predicted octanol–water partition coefficient (Wildman–Crippen LogP) is 5.71. The fourth-order valence-corrected chi connectivity index (χ4v) is 5.49. The Labute approximate surface area is 233 Å². The van der Waals surface area contributed by atoms with Crippen LogP contribution in [-0.4, -0.2) is 34.3 Å². The molecule has 40 heavy (non-hydrogen) atoms. The molecule has 4 heterocycles. The van der Waals surface area contributed by atoms with Crippen LogP contribution in [0.4, 0.5) is 8.78 Å². The molecule has 1 fully saturated rings. The Morgan fingerprint density at radius 3 is 2.42 bits per heavy atom. The molecule has 1 aromatic carbocycles. The summed E-state index contributed by atoms with van der Waals surface area (Å²) in [5.74, 6) is 0.527. The molecule has 6 rings (SSSR count). The molecular formula is C29H24ClF2N7O. The number of hydrogen-bond donors (Lipinski definition) is 0. The molecule has 0 spiro atoms. The Hall–Kier alpha value is -4.31. The first-order chi connectivity index (χ1) is 19.1. The van der Waals surface area contributed by atoms with E-state index in [0.29, 0.717) is 28.5 Å². The third kappa shape index (κ3) is 4.38. The lowest BCUT2D eigenvalue weighted by molar-refractivity contribution is 0.609. The summed E-state index contributed by atoms with van der Waals surface area (Å²) in [6.07, 6.45) is 3.78. The van der Waals surface area contributed by atoms with Gasteiger partial charge in [-0.15, -0.1) is 5.10 Å². The summed E-state index contributed by atoms with van der Waals surface area (Å²) in [5, 5.41) is 4.34. The minimum Gasteiger partial charge on any atom is -0.277 e. The lowest BCUT2D eigenvalue weighted by atomic mass is 10.0. The second-order valence-corrected chi connectivity index (χ2v) is 10.4. The van der Waals surface area contributed by atoms with Crippen molar-refractivity contribution in [3.05, 3.63) is 110 Å². The van der Waals surface area contributed by atoms with Gasteiger partial charge in [-0.2, -0.15) is 4.68 Å². The first-order valence-corrected chi connectivity index (χ1v) is 13.1. The minimum absolute atomic E-state index is 0.0290. The number of aromatic nitrogens is 7. The molecule has 0 N–H and O–H groups in total. The summed E-state index contributed by atoms with van der Waals surface area (Å²) in [4.78, 5) is 30.9. The Morgan fingerprint density at radius 1 is 0.975 bits per heavy atom. The number of nitrogens with zero attached hydrogens (tertiary/aromatic N) is 7. The van der Waals surface area contributed by atoms with Crippen molar-refractivity contribution in [1.82, 2.24) is 34.3 Å². The Bertz CT molecular complexity index is 1850. The molecule has 8 nitrogen and oxygen atoms in total. The van der Waals surface area contributed by atoms with E-state index in [2.05, 4.69) is 25.0 Å². The van der Waals surface area contributed by atoms with Crippen LogP contribution >= 0.6 is 11.6 Å². The van der Waals surface area contributed by atoms with Crippen molar-refractivity contribution in [2.45, 2.75) is 46.0 Å². The Kier molecular flexibility index (Phi) is 6.29. The van der Waals surface area contributed by atoms with Gasteiger partial charge in [-0.05, 0) is 86.9 Å². The van der Waals surface area contributed by atoms with Crippen LogP contribution in [0.2, 0.25) is 5.02 Å². The Balaban J connectivity index is 1.41. The molecule has 0 radical (unpaired) electrons. The zero-order valence-electron chi connectivity index (χ0n) is 22.2. The summed E-state index contributed by atoms with van der Waals surface area (Å²) < 4.78 is 32.3. The van der Waals surface area contributed by atoms with Crippen LogP contribution in [0.5, 0.6) is 0 Å². The van der Waals surface area contributed by atoms with Gasteiger partial charge in [0.25, 0.3) is 11.5 Å². The van der Waals surface area contributed by atoms with Crippen molar-refractivity contribution in [2.24, 2.45) is 0 Å². The van der Waals surface area contributed by atoms with E-state index in [1.807, 2.05) is 6.07 Å². The third-order valence-electron chi connectivity index (χ3n) is 7.20. The van der Waals surface area contributed by atoms with Crippen molar-refractivity contribution < 1.29 is 8.78 Å². The van der Waals surface area contributed by atoms with Crippen LogP contribution in [0, 0.1) is 39.3 Å². The van der Waals surface area contributed by atoms with Crippen molar-refractivity contribution >= 4 is 11.6 Å². The topological polar surface area (TPSA) is 91.4 Å². The van der Waals surface area contributed by atoms with E-state index >= 15 is 4.39 Å².